The van der Waals surface area contributed by atoms with Gasteiger partial charge in [0.2, 0.25) is 0 Å². The summed E-state index contributed by atoms with van der Waals surface area (Å²) in [4.78, 5) is 5.30. The van der Waals surface area contributed by atoms with Gasteiger partial charge in [-0.25, -0.2) is 0 Å². The number of rotatable bonds is 6. The molecule has 0 radical (unpaired) electrons. The van der Waals surface area contributed by atoms with Crippen LogP contribution >= 0.6 is 0 Å². The molecule has 3 rings (SSSR count). The quantitative estimate of drug-likeness (QED) is 0.787. The van der Waals surface area contributed by atoms with Crippen LogP contribution in [0, 0.1) is 0 Å². The summed E-state index contributed by atoms with van der Waals surface area (Å²) in [5, 5.41) is 3.50. The second-order valence-corrected chi connectivity index (χ2v) is 7.14. The fourth-order valence-electron chi connectivity index (χ4n) is 3.99. The van der Waals surface area contributed by atoms with Crippen LogP contribution in [0.3, 0.4) is 0 Å². The molecule has 3 nitrogen and oxygen atoms in total. The van der Waals surface area contributed by atoms with E-state index in [1.165, 1.54) is 82.5 Å². The lowest BCUT2D eigenvalue weighted by atomic mass is 9.94. The van der Waals surface area contributed by atoms with Crippen molar-refractivity contribution in [3.05, 3.63) is 24.3 Å². The van der Waals surface area contributed by atoms with E-state index in [1.807, 2.05) is 0 Å². The summed E-state index contributed by atoms with van der Waals surface area (Å²) in [6.45, 7) is 8.15. The highest BCUT2D eigenvalue weighted by molar-refractivity contribution is 5.55. The highest BCUT2D eigenvalue weighted by Crippen LogP contribution is 2.25. The fourth-order valence-corrected chi connectivity index (χ4v) is 3.99. The van der Waals surface area contributed by atoms with E-state index in [0.29, 0.717) is 0 Å². The zero-order chi connectivity index (χ0) is 15.9. The average molecular weight is 316 g/mol. The Balaban J connectivity index is 1.47. The summed E-state index contributed by atoms with van der Waals surface area (Å²) in [6, 6.07) is 9.91. The Labute approximate surface area is 142 Å². The van der Waals surface area contributed by atoms with Gasteiger partial charge in [0.15, 0.2) is 0 Å². The molecule has 1 aromatic rings. The first-order valence-corrected chi connectivity index (χ1v) is 9.70. The molecule has 1 saturated heterocycles. The molecule has 1 aliphatic carbocycles. The Morgan fingerprint density at radius 1 is 0.957 bits per heavy atom. The van der Waals surface area contributed by atoms with Crippen molar-refractivity contribution < 1.29 is 0 Å². The number of piperazine rings is 1. The Morgan fingerprint density at radius 3 is 2.30 bits per heavy atom. The maximum atomic E-state index is 3.50. The van der Waals surface area contributed by atoms with Crippen LogP contribution in [0.2, 0.25) is 0 Å². The molecular weight excluding hydrogens is 282 g/mol. The number of nitrogens with zero attached hydrogens (tertiary/aromatic N) is 2. The van der Waals surface area contributed by atoms with Gasteiger partial charge < -0.3 is 10.2 Å². The summed E-state index contributed by atoms with van der Waals surface area (Å²) in [5.41, 5.74) is 2.64. The van der Waals surface area contributed by atoms with Gasteiger partial charge in [-0.05, 0) is 43.5 Å². The molecule has 1 heterocycles. The molecule has 2 aliphatic rings. The van der Waals surface area contributed by atoms with Crippen molar-refractivity contribution in [1.82, 2.24) is 4.90 Å². The van der Waals surface area contributed by atoms with Gasteiger partial charge in [0.05, 0.1) is 0 Å². The highest BCUT2D eigenvalue weighted by Gasteiger charge is 2.25. The van der Waals surface area contributed by atoms with E-state index in [9.17, 15) is 0 Å². The number of unbranched alkanes of at least 4 members (excludes halogenated alkanes) is 1. The first kappa shape index (κ1) is 16.6. The number of benzene rings is 1. The standard InChI is InChI=1S/C20H33N3/c1-2-3-13-21-18-9-11-20(12-10-18)23-16-14-22(15-17-23)19-7-5-4-6-8-19/h9-12,19,21H,2-8,13-17H2,1H3. The predicted octanol–water partition coefficient (Wildman–Crippen LogP) is 4.35. The first-order valence-electron chi connectivity index (χ1n) is 9.70. The van der Waals surface area contributed by atoms with Crippen LogP contribution in [0.4, 0.5) is 11.4 Å². The third-order valence-electron chi connectivity index (χ3n) is 5.50. The maximum absolute atomic E-state index is 3.50. The molecule has 1 N–H and O–H groups in total. The molecule has 3 heteroatoms. The molecule has 0 atom stereocenters. The molecule has 1 aromatic carbocycles. The van der Waals surface area contributed by atoms with Crippen LogP contribution in [0.1, 0.15) is 51.9 Å². The van der Waals surface area contributed by atoms with Crippen LogP contribution in [-0.2, 0) is 0 Å². The Bertz CT molecular complexity index is 442. The SMILES string of the molecule is CCCCNc1ccc(N2CCN(C3CCCCC3)CC2)cc1. The number of nitrogens with one attached hydrogen (secondary N) is 1. The first-order chi connectivity index (χ1) is 11.4. The largest absolute Gasteiger partial charge is 0.385 e. The third kappa shape index (κ3) is 4.63. The predicted molar refractivity (Wildman–Crippen MR) is 100 cm³/mol. The minimum Gasteiger partial charge on any atom is -0.385 e. The van der Waals surface area contributed by atoms with E-state index in [-0.39, 0.29) is 0 Å². The van der Waals surface area contributed by atoms with E-state index >= 15 is 0 Å². The fraction of sp³-hybridized carbons (Fsp3) is 0.700. The van der Waals surface area contributed by atoms with Crippen molar-refractivity contribution >= 4 is 11.4 Å². The van der Waals surface area contributed by atoms with Crippen LogP contribution < -0.4 is 10.2 Å². The van der Waals surface area contributed by atoms with Crippen molar-refractivity contribution in [2.75, 3.05) is 42.9 Å². The second kappa shape index (κ2) is 8.58. The van der Waals surface area contributed by atoms with Crippen molar-refractivity contribution in [2.45, 2.75) is 57.9 Å². The molecule has 0 aromatic heterocycles. The van der Waals surface area contributed by atoms with Crippen molar-refractivity contribution in [1.29, 1.82) is 0 Å². The van der Waals surface area contributed by atoms with E-state index in [2.05, 4.69) is 46.3 Å². The molecule has 0 amide bonds. The summed E-state index contributed by atoms with van der Waals surface area (Å²) in [7, 11) is 0. The molecule has 2 fully saturated rings. The van der Waals surface area contributed by atoms with E-state index in [4.69, 9.17) is 0 Å². The Hall–Kier alpha value is -1.22. The van der Waals surface area contributed by atoms with E-state index in [0.717, 1.165) is 12.6 Å². The number of hydrogen-bond donors (Lipinski definition) is 1. The molecule has 23 heavy (non-hydrogen) atoms. The van der Waals surface area contributed by atoms with Crippen molar-refractivity contribution in [2.24, 2.45) is 0 Å². The van der Waals surface area contributed by atoms with Crippen LogP contribution in [0.25, 0.3) is 0 Å². The molecule has 128 valence electrons. The lowest BCUT2D eigenvalue weighted by Crippen LogP contribution is -2.50. The number of hydrogen-bond acceptors (Lipinski definition) is 3. The molecule has 1 saturated carbocycles. The van der Waals surface area contributed by atoms with Gasteiger partial charge in [0.1, 0.15) is 0 Å². The van der Waals surface area contributed by atoms with Gasteiger partial charge in [0, 0.05) is 50.1 Å². The summed E-state index contributed by atoms with van der Waals surface area (Å²) in [5.74, 6) is 0. The second-order valence-electron chi connectivity index (χ2n) is 7.14. The average Bonchev–Trinajstić information content (AvgIpc) is 2.63. The van der Waals surface area contributed by atoms with E-state index in [1.54, 1.807) is 0 Å². The van der Waals surface area contributed by atoms with Crippen molar-refractivity contribution in [3.8, 4) is 0 Å². The lowest BCUT2D eigenvalue weighted by molar-refractivity contribution is 0.148. The van der Waals surface area contributed by atoms with Gasteiger partial charge in [-0.15, -0.1) is 0 Å². The number of anilines is 2. The van der Waals surface area contributed by atoms with Gasteiger partial charge in [-0.3, -0.25) is 4.90 Å². The maximum Gasteiger partial charge on any atom is 0.0368 e. The van der Waals surface area contributed by atoms with Gasteiger partial charge in [-0.1, -0.05) is 32.6 Å². The monoisotopic (exact) mass is 315 g/mol. The summed E-state index contributed by atoms with van der Waals surface area (Å²) >= 11 is 0. The molecule has 0 spiro atoms. The zero-order valence-electron chi connectivity index (χ0n) is 14.8. The van der Waals surface area contributed by atoms with E-state index < -0.39 is 0 Å². The summed E-state index contributed by atoms with van der Waals surface area (Å²) in [6.07, 6.45) is 9.68. The van der Waals surface area contributed by atoms with Crippen LogP contribution in [0.5, 0.6) is 0 Å². The molecule has 0 bridgehead atoms. The van der Waals surface area contributed by atoms with Gasteiger partial charge >= 0.3 is 0 Å². The van der Waals surface area contributed by atoms with Crippen LogP contribution in [0.15, 0.2) is 24.3 Å². The third-order valence-corrected chi connectivity index (χ3v) is 5.50. The smallest absolute Gasteiger partial charge is 0.0368 e. The topological polar surface area (TPSA) is 18.5 Å². The van der Waals surface area contributed by atoms with Gasteiger partial charge in [0.25, 0.3) is 0 Å². The normalized spacial score (nSPS) is 20.7. The molecule has 1 aliphatic heterocycles. The van der Waals surface area contributed by atoms with Gasteiger partial charge in [-0.2, -0.15) is 0 Å². The minimum absolute atomic E-state index is 0.871. The Morgan fingerprint density at radius 2 is 1.65 bits per heavy atom. The zero-order valence-corrected chi connectivity index (χ0v) is 14.8. The highest BCUT2D eigenvalue weighted by atomic mass is 15.3. The summed E-state index contributed by atoms with van der Waals surface area (Å²) < 4.78 is 0. The molecular formula is C20H33N3. The Kier molecular flexibility index (Phi) is 6.21. The lowest BCUT2D eigenvalue weighted by Gasteiger charge is -2.41. The van der Waals surface area contributed by atoms with Crippen LogP contribution in [-0.4, -0.2) is 43.7 Å². The minimum atomic E-state index is 0.871. The molecule has 0 unspecified atom stereocenters. The van der Waals surface area contributed by atoms with Crippen molar-refractivity contribution in [3.63, 3.8) is 0 Å².